The summed E-state index contributed by atoms with van der Waals surface area (Å²) in [4.78, 5) is 0. The number of hydrogen-bond acceptors (Lipinski definition) is 2. The number of hydrogen-bond donors (Lipinski definition) is 1. The summed E-state index contributed by atoms with van der Waals surface area (Å²) in [6.45, 7) is 4.07. The summed E-state index contributed by atoms with van der Waals surface area (Å²) in [7, 11) is 0. The van der Waals surface area contributed by atoms with Crippen LogP contribution in [0.15, 0.2) is 0 Å². The molecule has 0 aromatic heterocycles. The molecular formula is C13H23NO. The van der Waals surface area contributed by atoms with Gasteiger partial charge in [0.15, 0.2) is 0 Å². The van der Waals surface area contributed by atoms with Gasteiger partial charge in [-0.3, -0.25) is 0 Å². The van der Waals surface area contributed by atoms with Gasteiger partial charge >= 0.3 is 0 Å². The Kier molecular flexibility index (Phi) is 6.47. The van der Waals surface area contributed by atoms with E-state index in [1.165, 1.54) is 19.3 Å². The Hall–Kier alpha value is -0.520. The van der Waals surface area contributed by atoms with Gasteiger partial charge in [0.25, 0.3) is 0 Å². The van der Waals surface area contributed by atoms with Crippen molar-refractivity contribution >= 4 is 0 Å². The Morgan fingerprint density at radius 3 is 3.00 bits per heavy atom. The van der Waals surface area contributed by atoms with Crippen molar-refractivity contribution in [3.05, 3.63) is 0 Å². The summed E-state index contributed by atoms with van der Waals surface area (Å²) in [6.07, 6.45) is 12.7. The number of ether oxygens (including phenoxy) is 1. The van der Waals surface area contributed by atoms with Crippen molar-refractivity contribution in [3.8, 4) is 12.3 Å². The molecule has 1 aliphatic heterocycles. The summed E-state index contributed by atoms with van der Waals surface area (Å²) in [5.41, 5.74) is 0. The molecule has 1 rings (SSSR count). The molecule has 0 amide bonds. The Morgan fingerprint density at radius 2 is 2.40 bits per heavy atom. The molecule has 1 heterocycles. The van der Waals surface area contributed by atoms with Crippen molar-refractivity contribution in [3.63, 3.8) is 0 Å². The van der Waals surface area contributed by atoms with Crippen LogP contribution in [0.5, 0.6) is 0 Å². The molecule has 15 heavy (non-hydrogen) atoms. The average Bonchev–Trinajstić information content (AvgIpc) is 2.28. The van der Waals surface area contributed by atoms with Crippen molar-refractivity contribution in [2.45, 2.75) is 57.6 Å². The van der Waals surface area contributed by atoms with Crippen LogP contribution in [0.1, 0.15) is 45.4 Å². The van der Waals surface area contributed by atoms with Gasteiger partial charge in [-0.25, -0.2) is 0 Å². The number of nitrogens with one attached hydrogen (secondary N) is 1. The lowest BCUT2D eigenvalue weighted by molar-refractivity contribution is 0.00868. The van der Waals surface area contributed by atoms with Crippen molar-refractivity contribution in [1.82, 2.24) is 5.32 Å². The van der Waals surface area contributed by atoms with Gasteiger partial charge in [-0.2, -0.15) is 0 Å². The van der Waals surface area contributed by atoms with Gasteiger partial charge in [0.1, 0.15) is 0 Å². The average molecular weight is 209 g/mol. The molecule has 0 bridgehead atoms. The molecule has 0 saturated carbocycles. The van der Waals surface area contributed by atoms with Crippen LogP contribution in [0.2, 0.25) is 0 Å². The highest BCUT2D eigenvalue weighted by Crippen LogP contribution is 2.18. The summed E-state index contributed by atoms with van der Waals surface area (Å²) in [6, 6.07) is 0.477. The fraction of sp³-hybridized carbons (Fsp3) is 0.846. The van der Waals surface area contributed by atoms with Gasteiger partial charge in [0.05, 0.1) is 6.10 Å². The maximum Gasteiger partial charge on any atom is 0.0575 e. The van der Waals surface area contributed by atoms with E-state index >= 15 is 0 Å². The van der Waals surface area contributed by atoms with Crippen LogP contribution >= 0.6 is 0 Å². The van der Waals surface area contributed by atoms with E-state index in [1.54, 1.807) is 0 Å². The molecule has 0 aromatic rings. The van der Waals surface area contributed by atoms with Crippen LogP contribution in [-0.4, -0.2) is 25.3 Å². The van der Waals surface area contributed by atoms with E-state index in [1.807, 2.05) is 0 Å². The normalized spacial score (nSPS) is 23.3. The van der Waals surface area contributed by atoms with Crippen LogP contribution < -0.4 is 5.32 Å². The van der Waals surface area contributed by atoms with E-state index < -0.39 is 0 Å². The standard InChI is InChI=1S/C13H23NO/c1-3-7-12(14-4-2)9-10-13-8-5-6-11-15-13/h1,12-14H,4-11H2,2H3. The first-order chi connectivity index (χ1) is 7.36. The van der Waals surface area contributed by atoms with Gasteiger partial charge in [-0.15, -0.1) is 12.3 Å². The van der Waals surface area contributed by atoms with E-state index in [-0.39, 0.29) is 0 Å². The molecule has 2 atom stereocenters. The van der Waals surface area contributed by atoms with Crippen molar-refractivity contribution in [2.24, 2.45) is 0 Å². The van der Waals surface area contributed by atoms with Crippen LogP contribution in [0.25, 0.3) is 0 Å². The third kappa shape index (κ3) is 5.20. The number of rotatable bonds is 6. The van der Waals surface area contributed by atoms with Crippen molar-refractivity contribution in [2.75, 3.05) is 13.2 Å². The molecule has 1 fully saturated rings. The van der Waals surface area contributed by atoms with E-state index in [4.69, 9.17) is 11.2 Å². The highest BCUT2D eigenvalue weighted by molar-refractivity contribution is 4.89. The summed E-state index contributed by atoms with van der Waals surface area (Å²) < 4.78 is 5.71. The first-order valence-corrected chi connectivity index (χ1v) is 6.15. The summed E-state index contributed by atoms with van der Waals surface area (Å²) in [5.74, 6) is 2.74. The Bertz CT molecular complexity index is 191. The molecule has 0 radical (unpaired) electrons. The van der Waals surface area contributed by atoms with Gasteiger partial charge in [-0.1, -0.05) is 6.92 Å². The Labute approximate surface area is 93.8 Å². The van der Waals surface area contributed by atoms with E-state index in [0.29, 0.717) is 12.1 Å². The zero-order valence-electron chi connectivity index (χ0n) is 9.80. The molecular weight excluding hydrogens is 186 g/mol. The monoisotopic (exact) mass is 209 g/mol. The van der Waals surface area contributed by atoms with Crippen LogP contribution in [-0.2, 0) is 4.74 Å². The van der Waals surface area contributed by atoms with E-state index in [9.17, 15) is 0 Å². The minimum absolute atomic E-state index is 0.477. The quantitative estimate of drug-likeness (QED) is 0.678. The van der Waals surface area contributed by atoms with E-state index in [0.717, 1.165) is 32.4 Å². The fourth-order valence-corrected chi connectivity index (χ4v) is 2.13. The third-order valence-electron chi connectivity index (χ3n) is 2.97. The molecule has 2 heteroatoms. The second-order valence-corrected chi connectivity index (χ2v) is 4.23. The maximum atomic E-state index is 5.71. The highest BCUT2D eigenvalue weighted by atomic mass is 16.5. The Balaban J connectivity index is 2.16. The van der Waals surface area contributed by atoms with Gasteiger partial charge < -0.3 is 10.1 Å². The molecule has 0 aromatic carbocycles. The van der Waals surface area contributed by atoms with Crippen molar-refractivity contribution in [1.29, 1.82) is 0 Å². The predicted molar refractivity (Wildman–Crippen MR) is 63.7 cm³/mol. The van der Waals surface area contributed by atoms with Crippen LogP contribution in [0.3, 0.4) is 0 Å². The predicted octanol–water partition coefficient (Wildman–Crippen LogP) is 2.34. The molecule has 1 aliphatic rings. The molecule has 0 spiro atoms. The zero-order chi connectivity index (χ0) is 10.9. The van der Waals surface area contributed by atoms with Gasteiger partial charge in [-0.05, 0) is 38.6 Å². The van der Waals surface area contributed by atoms with Gasteiger partial charge in [0.2, 0.25) is 0 Å². The largest absolute Gasteiger partial charge is 0.378 e. The first-order valence-electron chi connectivity index (χ1n) is 6.15. The first kappa shape index (κ1) is 12.5. The lowest BCUT2D eigenvalue weighted by atomic mass is 10.0. The fourth-order valence-electron chi connectivity index (χ4n) is 2.13. The number of terminal acetylenes is 1. The second-order valence-electron chi connectivity index (χ2n) is 4.23. The van der Waals surface area contributed by atoms with Crippen LogP contribution in [0.4, 0.5) is 0 Å². The SMILES string of the molecule is C#CCC(CCC1CCCCO1)NCC. The molecule has 1 saturated heterocycles. The molecule has 2 nitrogen and oxygen atoms in total. The lowest BCUT2D eigenvalue weighted by Gasteiger charge is -2.24. The second kappa shape index (κ2) is 7.73. The maximum absolute atomic E-state index is 5.71. The van der Waals surface area contributed by atoms with E-state index in [2.05, 4.69) is 18.2 Å². The molecule has 0 aliphatic carbocycles. The zero-order valence-corrected chi connectivity index (χ0v) is 9.80. The smallest absolute Gasteiger partial charge is 0.0575 e. The van der Waals surface area contributed by atoms with Crippen LogP contribution in [0, 0.1) is 12.3 Å². The Morgan fingerprint density at radius 1 is 1.53 bits per heavy atom. The minimum Gasteiger partial charge on any atom is -0.378 e. The highest BCUT2D eigenvalue weighted by Gasteiger charge is 2.15. The third-order valence-corrected chi connectivity index (χ3v) is 2.97. The summed E-state index contributed by atoms with van der Waals surface area (Å²) >= 11 is 0. The summed E-state index contributed by atoms with van der Waals surface area (Å²) in [5, 5.41) is 3.43. The van der Waals surface area contributed by atoms with Gasteiger partial charge in [0, 0.05) is 19.1 Å². The van der Waals surface area contributed by atoms with Crippen molar-refractivity contribution < 1.29 is 4.74 Å². The minimum atomic E-state index is 0.477. The molecule has 86 valence electrons. The topological polar surface area (TPSA) is 21.3 Å². The molecule has 1 N–H and O–H groups in total. The lowest BCUT2D eigenvalue weighted by Crippen LogP contribution is -2.30. The molecule has 2 unspecified atom stereocenters.